The summed E-state index contributed by atoms with van der Waals surface area (Å²) >= 11 is 0. The Balaban J connectivity index is 1.67. The van der Waals surface area contributed by atoms with Gasteiger partial charge in [0, 0.05) is 29.9 Å². The summed E-state index contributed by atoms with van der Waals surface area (Å²) in [4.78, 5) is 26.3. The zero-order valence-corrected chi connectivity index (χ0v) is 17.1. The van der Waals surface area contributed by atoms with E-state index in [2.05, 4.69) is 12.2 Å². The van der Waals surface area contributed by atoms with E-state index in [1.165, 1.54) is 0 Å². The highest BCUT2D eigenvalue weighted by Gasteiger charge is 2.21. The summed E-state index contributed by atoms with van der Waals surface area (Å²) in [5.41, 5.74) is 2.03. The molecule has 0 aliphatic carbocycles. The molecule has 1 aliphatic heterocycles. The third-order valence-electron chi connectivity index (χ3n) is 4.77. The molecular formula is C23H28N2O4. The zero-order valence-electron chi connectivity index (χ0n) is 17.1. The third kappa shape index (κ3) is 5.28. The number of anilines is 2. The van der Waals surface area contributed by atoms with Gasteiger partial charge in [-0.2, -0.15) is 0 Å². The molecule has 2 aromatic rings. The Morgan fingerprint density at radius 2 is 1.86 bits per heavy atom. The highest BCUT2D eigenvalue weighted by atomic mass is 16.5. The molecule has 3 rings (SSSR count). The minimum Gasteiger partial charge on any atom is -0.490 e. The van der Waals surface area contributed by atoms with E-state index < -0.39 is 0 Å². The van der Waals surface area contributed by atoms with Crippen LogP contribution >= 0.6 is 0 Å². The molecule has 0 atom stereocenters. The fourth-order valence-corrected chi connectivity index (χ4v) is 3.21. The van der Waals surface area contributed by atoms with E-state index in [4.69, 9.17) is 9.47 Å². The molecule has 1 fully saturated rings. The van der Waals surface area contributed by atoms with Crippen molar-refractivity contribution < 1.29 is 19.1 Å². The van der Waals surface area contributed by atoms with Crippen molar-refractivity contribution in [2.45, 2.75) is 39.5 Å². The molecule has 0 unspecified atom stereocenters. The van der Waals surface area contributed by atoms with Gasteiger partial charge in [0.2, 0.25) is 5.91 Å². The molecule has 2 aromatic carbocycles. The summed E-state index contributed by atoms with van der Waals surface area (Å²) < 4.78 is 11.4. The van der Waals surface area contributed by atoms with Crippen LogP contribution in [0.4, 0.5) is 11.4 Å². The van der Waals surface area contributed by atoms with Crippen LogP contribution in [0.5, 0.6) is 11.5 Å². The van der Waals surface area contributed by atoms with E-state index >= 15 is 0 Å². The van der Waals surface area contributed by atoms with Crippen molar-refractivity contribution in [3.63, 3.8) is 0 Å². The van der Waals surface area contributed by atoms with Gasteiger partial charge in [-0.05, 0) is 62.2 Å². The first-order valence-corrected chi connectivity index (χ1v) is 10.2. The maximum atomic E-state index is 12.7. The van der Waals surface area contributed by atoms with Crippen LogP contribution in [0, 0.1) is 0 Å². The van der Waals surface area contributed by atoms with Crippen LogP contribution in [0.3, 0.4) is 0 Å². The first-order chi connectivity index (χ1) is 14.1. The van der Waals surface area contributed by atoms with E-state index in [0.29, 0.717) is 42.4 Å². The van der Waals surface area contributed by atoms with Gasteiger partial charge < -0.3 is 19.7 Å². The second-order valence-corrected chi connectivity index (χ2v) is 6.95. The Labute approximate surface area is 171 Å². The average molecular weight is 396 g/mol. The predicted octanol–water partition coefficient (Wildman–Crippen LogP) is 4.64. The number of hydrogen-bond donors (Lipinski definition) is 1. The first kappa shape index (κ1) is 20.7. The van der Waals surface area contributed by atoms with Crippen molar-refractivity contribution in [3.05, 3.63) is 48.0 Å². The van der Waals surface area contributed by atoms with Crippen LogP contribution < -0.4 is 19.7 Å². The van der Waals surface area contributed by atoms with Gasteiger partial charge in [-0.3, -0.25) is 9.59 Å². The van der Waals surface area contributed by atoms with E-state index in [1.54, 1.807) is 23.1 Å². The molecule has 154 valence electrons. The highest BCUT2D eigenvalue weighted by molar-refractivity contribution is 6.05. The molecule has 1 heterocycles. The number of nitrogens with zero attached hydrogens (tertiary/aromatic N) is 1. The topological polar surface area (TPSA) is 67.9 Å². The number of ether oxygens (including phenoxy) is 2. The molecule has 0 bridgehead atoms. The molecule has 0 spiro atoms. The molecule has 1 saturated heterocycles. The van der Waals surface area contributed by atoms with Crippen LogP contribution in [0.2, 0.25) is 0 Å². The van der Waals surface area contributed by atoms with Gasteiger partial charge in [0.25, 0.3) is 5.91 Å². The Kier molecular flexibility index (Phi) is 7.11. The smallest absolute Gasteiger partial charge is 0.255 e. The lowest BCUT2D eigenvalue weighted by molar-refractivity contribution is -0.117. The maximum Gasteiger partial charge on any atom is 0.255 e. The summed E-state index contributed by atoms with van der Waals surface area (Å²) in [6, 6.07) is 12.5. The fourth-order valence-electron chi connectivity index (χ4n) is 3.21. The summed E-state index contributed by atoms with van der Waals surface area (Å²) in [6.07, 6.45) is 3.50. The van der Waals surface area contributed by atoms with Gasteiger partial charge in [-0.25, -0.2) is 0 Å². The van der Waals surface area contributed by atoms with Crippen molar-refractivity contribution in [3.8, 4) is 11.5 Å². The van der Waals surface area contributed by atoms with Crippen LogP contribution in [0.25, 0.3) is 0 Å². The highest BCUT2D eigenvalue weighted by Crippen LogP contribution is 2.29. The van der Waals surface area contributed by atoms with Crippen LogP contribution in [-0.2, 0) is 4.79 Å². The molecule has 0 aromatic heterocycles. The summed E-state index contributed by atoms with van der Waals surface area (Å²) in [5, 5.41) is 2.89. The van der Waals surface area contributed by atoms with Crippen molar-refractivity contribution in [1.29, 1.82) is 0 Å². The van der Waals surface area contributed by atoms with Crippen LogP contribution in [0.1, 0.15) is 49.9 Å². The Hall–Kier alpha value is -3.02. The monoisotopic (exact) mass is 396 g/mol. The maximum absolute atomic E-state index is 12.7. The largest absolute Gasteiger partial charge is 0.490 e. The molecule has 29 heavy (non-hydrogen) atoms. The zero-order chi connectivity index (χ0) is 20.6. The van der Waals surface area contributed by atoms with Gasteiger partial charge in [-0.1, -0.05) is 13.3 Å². The predicted molar refractivity (Wildman–Crippen MR) is 114 cm³/mol. The minimum atomic E-state index is -0.226. The van der Waals surface area contributed by atoms with Crippen molar-refractivity contribution in [2.24, 2.45) is 0 Å². The summed E-state index contributed by atoms with van der Waals surface area (Å²) in [5.74, 6) is 1.14. The number of nitrogens with one attached hydrogen (secondary N) is 1. The molecule has 2 amide bonds. The third-order valence-corrected chi connectivity index (χ3v) is 4.77. The van der Waals surface area contributed by atoms with E-state index in [9.17, 15) is 9.59 Å². The van der Waals surface area contributed by atoms with Gasteiger partial charge in [0.05, 0.1) is 13.2 Å². The summed E-state index contributed by atoms with van der Waals surface area (Å²) in [6.45, 7) is 5.86. The molecule has 1 N–H and O–H groups in total. The lowest BCUT2D eigenvalue weighted by Gasteiger charge is -2.16. The fraction of sp³-hybridized carbons (Fsp3) is 0.391. The molecule has 0 saturated carbocycles. The minimum absolute atomic E-state index is 0.145. The van der Waals surface area contributed by atoms with E-state index in [1.807, 2.05) is 31.2 Å². The molecule has 6 nitrogen and oxygen atoms in total. The molecule has 1 aliphatic rings. The second-order valence-electron chi connectivity index (χ2n) is 6.95. The number of carbonyl (C=O) groups excluding carboxylic acids is 2. The number of amides is 2. The Morgan fingerprint density at radius 1 is 1.07 bits per heavy atom. The van der Waals surface area contributed by atoms with Crippen LogP contribution in [0.15, 0.2) is 42.5 Å². The standard InChI is InChI=1S/C23H28N2O4/c1-3-5-15-29-20-13-8-17(16-21(20)28-4-2)23(27)24-18-9-11-19(12-10-18)25-14-6-7-22(25)26/h8-13,16H,3-7,14-15H2,1-2H3,(H,24,27). The normalized spacial score (nSPS) is 13.4. The Bertz CT molecular complexity index is 848. The van der Waals surface area contributed by atoms with Gasteiger partial charge in [0.1, 0.15) is 0 Å². The quantitative estimate of drug-likeness (QED) is 0.627. The average Bonchev–Trinajstić information content (AvgIpc) is 3.16. The summed E-state index contributed by atoms with van der Waals surface area (Å²) in [7, 11) is 0. The van der Waals surface area contributed by atoms with Gasteiger partial charge >= 0.3 is 0 Å². The number of hydrogen-bond acceptors (Lipinski definition) is 4. The van der Waals surface area contributed by atoms with Crippen molar-refractivity contribution >= 4 is 23.2 Å². The van der Waals surface area contributed by atoms with Crippen LogP contribution in [-0.4, -0.2) is 31.6 Å². The SMILES string of the molecule is CCCCOc1ccc(C(=O)Nc2ccc(N3CCCC3=O)cc2)cc1OCC. The number of rotatable bonds is 9. The lowest BCUT2D eigenvalue weighted by Crippen LogP contribution is -2.23. The lowest BCUT2D eigenvalue weighted by atomic mass is 10.1. The molecule has 0 radical (unpaired) electrons. The Morgan fingerprint density at radius 3 is 2.52 bits per heavy atom. The first-order valence-electron chi connectivity index (χ1n) is 10.2. The van der Waals surface area contributed by atoms with E-state index in [0.717, 1.165) is 31.5 Å². The number of unbranched alkanes of at least 4 members (excludes halogenated alkanes) is 1. The van der Waals surface area contributed by atoms with Crippen molar-refractivity contribution in [1.82, 2.24) is 0 Å². The van der Waals surface area contributed by atoms with E-state index in [-0.39, 0.29) is 11.8 Å². The molecule has 6 heteroatoms. The van der Waals surface area contributed by atoms with Crippen molar-refractivity contribution in [2.75, 3.05) is 30.0 Å². The number of carbonyl (C=O) groups is 2. The second kappa shape index (κ2) is 9.96. The molecular weight excluding hydrogens is 368 g/mol. The van der Waals surface area contributed by atoms with Gasteiger partial charge in [-0.15, -0.1) is 0 Å². The van der Waals surface area contributed by atoms with Gasteiger partial charge in [0.15, 0.2) is 11.5 Å². The number of benzene rings is 2.